The predicted molar refractivity (Wildman–Crippen MR) is 83.6 cm³/mol. The minimum atomic E-state index is -0.0939. The van der Waals surface area contributed by atoms with Crippen molar-refractivity contribution in [3.63, 3.8) is 0 Å². The molecule has 0 fully saturated rings. The van der Waals surface area contributed by atoms with Crippen LogP contribution in [0.25, 0.3) is 0 Å². The zero-order valence-electron chi connectivity index (χ0n) is 10.8. The molecule has 1 atom stereocenters. The summed E-state index contributed by atoms with van der Waals surface area (Å²) in [4.78, 5) is 0. The van der Waals surface area contributed by atoms with E-state index in [1.807, 2.05) is 10.7 Å². The largest absolute Gasteiger partial charge is 0.271 e. The number of aryl methyl sites for hydroxylation is 2. The molecule has 0 aliphatic heterocycles. The Hall–Kier alpha value is -0.690. The van der Waals surface area contributed by atoms with Crippen LogP contribution in [0.5, 0.6) is 0 Å². The summed E-state index contributed by atoms with van der Waals surface area (Å²) in [5.74, 6) is 5.75. The van der Waals surface area contributed by atoms with Crippen molar-refractivity contribution in [2.75, 3.05) is 0 Å². The second-order valence-electron chi connectivity index (χ2n) is 4.30. The van der Waals surface area contributed by atoms with Gasteiger partial charge in [0.1, 0.15) is 0 Å². The van der Waals surface area contributed by atoms with Gasteiger partial charge in [0.05, 0.1) is 22.4 Å². The Labute approximate surface area is 129 Å². The van der Waals surface area contributed by atoms with Crippen molar-refractivity contribution >= 4 is 31.9 Å². The normalized spacial score (nSPS) is 12.7. The number of hydrazine groups is 1. The van der Waals surface area contributed by atoms with Crippen molar-refractivity contribution in [3.8, 4) is 0 Å². The molecule has 4 nitrogen and oxygen atoms in total. The fourth-order valence-corrected chi connectivity index (χ4v) is 2.86. The third-order valence-corrected chi connectivity index (χ3v) is 4.59. The molecule has 0 aliphatic rings. The molecule has 0 radical (unpaired) electrons. The van der Waals surface area contributed by atoms with E-state index in [0.29, 0.717) is 0 Å². The summed E-state index contributed by atoms with van der Waals surface area (Å²) in [5, 5.41) is 4.33. The minimum absolute atomic E-state index is 0.0939. The van der Waals surface area contributed by atoms with Crippen LogP contribution < -0.4 is 11.3 Å². The molecule has 1 unspecified atom stereocenters. The van der Waals surface area contributed by atoms with Gasteiger partial charge in [0.2, 0.25) is 0 Å². The molecule has 0 spiro atoms. The Morgan fingerprint density at radius 3 is 2.68 bits per heavy atom. The molecule has 102 valence electrons. The van der Waals surface area contributed by atoms with Crippen LogP contribution in [0.15, 0.2) is 33.3 Å². The molecule has 0 amide bonds. The highest BCUT2D eigenvalue weighted by Crippen LogP contribution is 2.30. The highest BCUT2D eigenvalue weighted by atomic mass is 79.9. The van der Waals surface area contributed by atoms with Crippen molar-refractivity contribution in [1.29, 1.82) is 0 Å². The summed E-state index contributed by atoms with van der Waals surface area (Å²) in [7, 11) is 0. The van der Waals surface area contributed by atoms with E-state index in [1.54, 1.807) is 6.20 Å². The van der Waals surface area contributed by atoms with Gasteiger partial charge in [-0.05, 0) is 47.0 Å². The zero-order chi connectivity index (χ0) is 14.0. The second kappa shape index (κ2) is 6.17. The fourth-order valence-electron chi connectivity index (χ4n) is 2.09. The number of rotatable bonds is 4. The van der Waals surface area contributed by atoms with E-state index in [9.17, 15) is 0 Å². The van der Waals surface area contributed by atoms with Crippen molar-refractivity contribution in [1.82, 2.24) is 15.2 Å². The molecule has 0 aliphatic carbocycles. The summed E-state index contributed by atoms with van der Waals surface area (Å²) in [6.07, 6.45) is 1.80. The lowest BCUT2D eigenvalue weighted by atomic mass is 10.0. The first-order chi connectivity index (χ1) is 9.08. The van der Waals surface area contributed by atoms with Gasteiger partial charge in [0.15, 0.2) is 0 Å². The van der Waals surface area contributed by atoms with E-state index in [1.165, 1.54) is 5.56 Å². The van der Waals surface area contributed by atoms with E-state index < -0.39 is 0 Å². The van der Waals surface area contributed by atoms with Crippen LogP contribution in [0, 0.1) is 6.92 Å². The average molecular weight is 388 g/mol. The molecular formula is C13H16Br2N4. The summed E-state index contributed by atoms with van der Waals surface area (Å²) in [6.45, 7) is 4.92. The fraction of sp³-hybridized carbons (Fsp3) is 0.308. The Morgan fingerprint density at radius 2 is 2.11 bits per heavy atom. The van der Waals surface area contributed by atoms with Gasteiger partial charge in [0, 0.05) is 11.0 Å². The highest BCUT2D eigenvalue weighted by molar-refractivity contribution is 9.10. The first-order valence-corrected chi connectivity index (χ1v) is 7.60. The van der Waals surface area contributed by atoms with Crippen molar-refractivity contribution in [2.45, 2.75) is 26.4 Å². The molecule has 1 aromatic carbocycles. The number of nitrogens with two attached hydrogens (primary N) is 1. The minimum Gasteiger partial charge on any atom is -0.271 e. The lowest BCUT2D eigenvalue weighted by Gasteiger charge is -2.19. The van der Waals surface area contributed by atoms with Gasteiger partial charge in [-0.25, -0.2) is 5.43 Å². The number of benzene rings is 1. The molecule has 0 saturated heterocycles. The average Bonchev–Trinajstić information content (AvgIpc) is 2.76. The lowest BCUT2D eigenvalue weighted by Crippen LogP contribution is -2.31. The van der Waals surface area contributed by atoms with Gasteiger partial charge in [-0.2, -0.15) is 5.10 Å². The van der Waals surface area contributed by atoms with Crippen molar-refractivity contribution < 1.29 is 0 Å². The standard InChI is InChI=1S/C13H16Br2N4/c1-3-19-13(11(15)7-17-19)12(18-16)9-4-5-10(14)8(2)6-9/h4-7,12,18H,3,16H2,1-2H3. The molecule has 2 aromatic rings. The first kappa shape index (κ1) is 14.7. The summed E-state index contributed by atoms with van der Waals surface area (Å²) >= 11 is 7.05. The maximum atomic E-state index is 5.75. The number of hydrogen-bond acceptors (Lipinski definition) is 3. The summed E-state index contributed by atoms with van der Waals surface area (Å²) in [5.41, 5.74) is 6.20. The van der Waals surface area contributed by atoms with E-state index in [2.05, 4.69) is 68.4 Å². The Kier molecular flexibility index (Phi) is 4.78. The smallest absolute Gasteiger partial charge is 0.0889 e. The van der Waals surface area contributed by atoms with Crippen molar-refractivity contribution in [2.24, 2.45) is 5.84 Å². The maximum absolute atomic E-state index is 5.75. The Morgan fingerprint density at radius 1 is 1.37 bits per heavy atom. The predicted octanol–water partition coefficient (Wildman–Crippen LogP) is 3.29. The molecule has 0 bridgehead atoms. The summed E-state index contributed by atoms with van der Waals surface area (Å²) in [6, 6.07) is 6.12. The molecule has 1 aromatic heterocycles. The molecule has 0 saturated carbocycles. The van der Waals surface area contributed by atoms with Gasteiger partial charge >= 0.3 is 0 Å². The van der Waals surface area contributed by atoms with E-state index >= 15 is 0 Å². The molecule has 19 heavy (non-hydrogen) atoms. The van der Waals surface area contributed by atoms with Gasteiger partial charge in [-0.3, -0.25) is 10.5 Å². The van der Waals surface area contributed by atoms with E-state index in [0.717, 1.165) is 26.7 Å². The van der Waals surface area contributed by atoms with E-state index in [-0.39, 0.29) is 6.04 Å². The summed E-state index contributed by atoms with van der Waals surface area (Å²) < 4.78 is 3.99. The van der Waals surface area contributed by atoms with Crippen LogP contribution in [0.3, 0.4) is 0 Å². The van der Waals surface area contributed by atoms with Crippen molar-refractivity contribution in [3.05, 3.63) is 50.2 Å². The third-order valence-electron chi connectivity index (χ3n) is 3.09. The Bertz CT molecular complexity index is 580. The molecule has 3 N–H and O–H groups in total. The van der Waals surface area contributed by atoms with Gasteiger partial charge in [-0.15, -0.1) is 0 Å². The SMILES string of the molecule is CCn1ncc(Br)c1C(NN)c1ccc(Br)c(C)c1. The van der Waals surface area contributed by atoms with E-state index in [4.69, 9.17) is 5.84 Å². The van der Waals surface area contributed by atoms with Crippen LogP contribution in [0.1, 0.15) is 29.8 Å². The molecule has 2 rings (SSSR count). The number of nitrogens with zero attached hydrogens (tertiary/aromatic N) is 2. The monoisotopic (exact) mass is 386 g/mol. The van der Waals surface area contributed by atoms with Crippen LogP contribution in [0.4, 0.5) is 0 Å². The third kappa shape index (κ3) is 2.91. The van der Waals surface area contributed by atoms with Crippen LogP contribution in [-0.4, -0.2) is 9.78 Å². The number of nitrogens with one attached hydrogen (secondary N) is 1. The van der Waals surface area contributed by atoms with Crippen LogP contribution >= 0.6 is 31.9 Å². The second-order valence-corrected chi connectivity index (χ2v) is 6.01. The number of aromatic nitrogens is 2. The molecule has 1 heterocycles. The maximum Gasteiger partial charge on any atom is 0.0889 e. The molecular weight excluding hydrogens is 372 g/mol. The van der Waals surface area contributed by atoms with Gasteiger partial charge in [-0.1, -0.05) is 28.1 Å². The van der Waals surface area contributed by atoms with Crippen LogP contribution in [0.2, 0.25) is 0 Å². The molecule has 6 heteroatoms. The number of hydrogen-bond donors (Lipinski definition) is 2. The van der Waals surface area contributed by atoms with Crippen LogP contribution in [-0.2, 0) is 6.54 Å². The lowest BCUT2D eigenvalue weighted by molar-refractivity contribution is 0.541. The van der Waals surface area contributed by atoms with Gasteiger partial charge < -0.3 is 0 Å². The Balaban J connectivity index is 2.49. The topological polar surface area (TPSA) is 55.9 Å². The first-order valence-electron chi connectivity index (χ1n) is 6.01. The number of halogens is 2. The quantitative estimate of drug-likeness (QED) is 0.625. The highest BCUT2D eigenvalue weighted by Gasteiger charge is 2.20. The van der Waals surface area contributed by atoms with Gasteiger partial charge in [0.25, 0.3) is 0 Å². The zero-order valence-corrected chi connectivity index (χ0v) is 14.0.